The smallest absolute Gasteiger partial charge is 0.103 e. The molecule has 1 heterocycles. The molecule has 4 aromatic carbocycles. The molecule has 2 radical (unpaired) electrons. The molecule has 38 heavy (non-hydrogen) atoms. The molecule has 0 aliphatic carbocycles. The van der Waals surface area contributed by atoms with Crippen LogP contribution in [0.1, 0.15) is 29.2 Å². The Morgan fingerprint density at radius 1 is 0.789 bits per heavy atom. The summed E-state index contributed by atoms with van der Waals surface area (Å²) in [5, 5.41) is -0.146. The summed E-state index contributed by atoms with van der Waals surface area (Å²) in [7, 11) is 5.06. The lowest BCUT2D eigenvalue weighted by molar-refractivity contribution is 0.588. The van der Waals surface area contributed by atoms with Crippen LogP contribution in [0.2, 0.25) is 5.54 Å². The van der Waals surface area contributed by atoms with Crippen LogP contribution < -0.4 is 0 Å². The molecular weight excluding hydrogens is 475 g/mol. The quantitative estimate of drug-likeness (QED) is 0.162. The Kier molecular flexibility index (Phi) is 9.49. The van der Waals surface area contributed by atoms with Crippen LogP contribution in [-0.4, -0.2) is 26.9 Å². The van der Waals surface area contributed by atoms with Crippen LogP contribution in [0.4, 0.5) is 0 Å². The molecule has 0 amide bonds. The molecule has 2 nitrogen and oxygen atoms in total. The summed E-state index contributed by atoms with van der Waals surface area (Å²) in [5.74, 6) is 1.66. The lowest BCUT2D eigenvalue weighted by atomic mass is 9.92. The van der Waals surface area contributed by atoms with Crippen LogP contribution in [0.15, 0.2) is 159 Å². The Hall–Kier alpha value is -4.15. The molecule has 4 heteroatoms. The van der Waals surface area contributed by atoms with Gasteiger partial charge in [-0.25, -0.2) is 4.98 Å². The molecule has 5 aromatic rings. The number of aromatic nitrogens is 2. The number of hydrogen-bond acceptors (Lipinski definition) is 1. The van der Waals surface area contributed by atoms with Crippen LogP contribution >= 0.6 is 0 Å². The summed E-state index contributed by atoms with van der Waals surface area (Å²) < 4.78 is 2.28. The van der Waals surface area contributed by atoms with Gasteiger partial charge in [0.1, 0.15) is 7.85 Å². The van der Waals surface area contributed by atoms with Crippen molar-refractivity contribution >= 4 is 22.9 Å². The van der Waals surface area contributed by atoms with Gasteiger partial charge < -0.3 is 4.57 Å². The van der Waals surface area contributed by atoms with Crippen molar-refractivity contribution in [2.24, 2.45) is 0 Å². The van der Waals surface area contributed by atoms with E-state index in [9.17, 15) is 0 Å². The first-order valence-corrected chi connectivity index (χ1v) is 14.5. The number of rotatable bonds is 8. The van der Waals surface area contributed by atoms with Gasteiger partial charge in [-0.1, -0.05) is 134 Å². The summed E-state index contributed by atoms with van der Waals surface area (Å²) >= 11 is 0. The van der Waals surface area contributed by atoms with Crippen molar-refractivity contribution in [3.63, 3.8) is 0 Å². The first kappa shape index (κ1) is 26.9. The molecule has 0 saturated heterocycles. The topological polar surface area (TPSA) is 17.8 Å². The largest absolute Gasteiger partial charge is 0.327 e. The fourth-order valence-corrected chi connectivity index (χ4v) is 7.30. The minimum atomic E-state index is -0.618. The van der Waals surface area contributed by atoms with Crippen LogP contribution in [0.5, 0.6) is 0 Å². The number of benzene rings is 4. The van der Waals surface area contributed by atoms with E-state index in [0.717, 1.165) is 16.7 Å². The van der Waals surface area contributed by atoms with E-state index in [-0.39, 0.29) is 5.16 Å². The van der Waals surface area contributed by atoms with Gasteiger partial charge in [0.2, 0.25) is 0 Å². The standard InChI is InChI=1S/C20H22N2Si.C14H11B/c1-3-17(2)23-20(22-15-14-21-16-22,18-10-6-4-7-11-18)19-12-8-5-9-13-19;15-11-14(12-7-3-1-4-8-12)13-9-5-2-6-10-13/h3-17H,1,23H2,2H3;1-11H. The van der Waals surface area contributed by atoms with E-state index in [2.05, 4.69) is 120 Å². The van der Waals surface area contributed by atoms with E-state index >= 15 is 0 Å². The van der Waals surface area contributed by atoms with Crippen LogP contribution in [-0.2, 0) is 5.16 Å². The predicted octanol–water partition coefficient (Wildman–Crippen LogP) is 7.04. The van der Waals surface area contributed by atoms with Gasteiger partial charge in [-0.15, -0.1) is 12.6 Å². The van der Waals surface area contributed by atoms with Crippen LogP contribution in [0.3, 0.4) is 0 Å². The van der Waals surface area contributed by atoms with Crippen molar-refractivity contribution in [3.05, 3.63) is 181 Å². The maximum atomic E-state index is 5.67. The predicted molar refractivity (Wildman–Crippen MR) is 165 cm³/mol. The minimum Gasteiger partial charge on any atom is -0.327 e. The van der Waals surface area contributed by atoms with Gasteiger partial charge >= 0.3 is 0 Å². The minimum absolute atomic E-state index is 0.146. The van der Waals surface area contributed by atoms with Crippen LogP contribution in [0, 0.1) is 0 Å². The summed E-state index contributed by atoms with van der Waals surface area (Å²) in [6.07, 6.45) is 7.99. The molecule has 0 aliphatic heterocycles. The van der Waals surface area contributed by atoms with Gasteiger partial charge in [-0.3, -0.25) is 0 Å². The lowest BCUT2D eigenvalue weighted by Gasteiger charge is -2.38. The highest BCUT2D eigenvalue weighted by Crippen LogP contribution is 2.36. The van der Waals surface area contributed by atoms with Gasteiger partial charge in [-0.2, -0.15) is 0 Å². The Morgan fingerprint density at radius 3 is 1.61 bits per heavy atom. The van der Waals surface area contributed by atoms with E-state index in [4.69, 9.17) is 7.85 Å². The Labute approximate surface area is 230 Å². The third-order valence-corrected chi connectivity index (χ3v) is 9.55. The summed E-state index contributed by atoms with van der Waals surface area (Å²) in [4.78, 5) is 4.33. The molecule has 0 fully saturated rings. The number of nitrogens with zero attached hydrogens (tertiary/aromatic N) is 2. The van der Waals surface area contributed by atoms with Crippen molar-refractivity contribution in [3.8, 4) is 0 Å². The monoisotopic (exact) mass is 508 g/mol. The van der Waals surface area contributed by atoms with Crippen LogP contribution in [0.25, 0.3) is 5.57 Å². The fraction of sp³-hybridized carbons (Fsp3) is 0.0882. The molecule has 0 bridgehead atoms. The molecule has 0 aliphatic rings. The zero-order valence-corrected chi connectivity index (χ0v) is 23.3. The molecular formula is C34H33BN2Si. The number of hydrogen-bond donors (Lipinski definition) is 0. The summed E-state index contributed by atoms with van der Waals surface area (Å²) in [6, 6.07) is 41.9. The molecule has 1 aromatic heterocycles. The Balaban J connectivity index is 0.000000194. The molecule has 1 unspecified atom stereocenters. The second-order valence-corrected chi connectivity index (χ2v) is 12.0. The second-order valence-electron chi connectivity index (χ2n) is 9.29. The highest BCUT2D eigenvalue weighted by Gasteiger charge is 2.37. The van der Waals surface area contributed by atoms with Crippen molar-refractivity contribution in [2.75, 3.05) is 0 Å². The van der Waals surface area contributed by atoms with Gasteiger partial charge in [0.05, 0.1) is 21.0 Å². The second kappa shape index (κ2) is 13.4. The number of allylic oxidation sites excluding steroid dienone is 1. The highest BCUT2D eigenvalue weighted by molar-refractivity contribution is 6.44. The molecule has 5 rings (SSSR count). The van der Waals surface area contributed by atoms with Crippen molar-refractivity contribution in [1.82, 2.24) is 9.55 Å². The van der Waals surface area contributed by atoms with E-state index < -0.39 is 9.52 Å². The van der Waals surface area contributed by atoms with Crippen molar-refractivity contribution in [1.29, 1.82) is 0 Å². The van der Waals surface area contributed by atoms with Gasteiger partial charge in [0, 0.05) is 12.4 Å². The van der Waals surface area contributed by atoms with Gasteiger partial charge in [-0.05, 0) is 33.4 Å². The average Bonchev–Trinajstić information content (AvgIpc) is 3.54. The van der Waals surface area contributed by atoms with Crippen molar-refractivity contribution < 1.29 is 0 Å². The van der Waals surface area contributed by atoms with Gasteiger partial charge in [0.25, 0.3) is 0 Å². The summed E-state index contributed by atoms with van der Waals surface area (Å²) in [6.45, 7) is 6.30. The highest BCUT2D eigenvalue weighted by atomic mass is 28.2. The van der Waals surface area contributed by atoms with E-state index in [1.807, 2.05) is 48.9 Å². The zero-order chi connectivity index (χ0) is 26.6. The molecule has 0 saturated carbocycles. The van der Waals surface area contributed by atoms with E-state index in [1.54, 1.807) is 5.98 Å². The average molecular weight is 509 g/mol. The summed E-state index contributed by atoms with van der Waals surface area (Å²) in [5.41, 5.74) is 6.51. The molecule has 0 N–H and O–H groups in total. The first-order valence-electron chi connectivity index (χ1n) is 12.9. The zero-order valence-electron chi connectivity index (χ0n) is 21.9. The first-order chi connectivity index (χ1) is 18.7. The maximum absolute atomic E-state index is 5.67. The van der Waals surface area contributed by atoms with Crippen molar-refractivity contribution in [2.45, 2.75) is 17.6 Å². The normalized spacial score (nSPS) is 11.8. The molecule has 1 atom stereocenters. The molecule has 186 valence electrons. The fourth-order valence-electron chi connectivity index (χ4n) is 4.86. The van der Waals surface area contributed by atoms with E-state index in [0.29, 0.717) is 5.54 Å². The Morgan fingerprint density at radius 2 is 1.24 bits per heavy atom. The maximum Gasteiger partial charge on any atom is 0.103 e. The Bertz CT molecular complexity index is 1320. The van der Waals surface area contributed by atoms with Gasteiger partial charge in [0.15, 0.2) is 0 Å². The van der Waals surface area contributed by atoms with E-state index in [1.165, 1.54) is 11.1 Å². The lowest BCUT2D eigenvalue weighted by Crippen LogP contribution is -2.42. The molecule has 0 spiro atoms. The third-order valence-electron chi connectivity index (χ3n) is 6.80. The SMILES string of the molecule is C=CC(C)[SiH2]C(c1ccccc1)(c1ccccc1)n1ccnc1.[B]C=C(c1ccccc1)c1ccccc1. The number of imidazole rings is 1. The third kappa shape index (κ3) is 6.21.